The van der Waals surface area contributed by atoms with Crippen molar-refractivity contribution in [2.75, 3.05) is 11.9 Å². The molecular formula is C12H13N5O. The van der Waals surface area contributed by atoms with E-state index in [4.69, 9.17) is 5.73 Å². The van der Waals surface area contributed by atoms with Gasteiger partial charge in [0.05, 0.1) is 12.7 Å². The van der Waals surface area contributed by atoms with Gasteiger partial charge in [-0.1, -0.05) is 0 Å². The summed E-state index contributed by atoms with van der Waals surface area (Å²) in [5.41, 5.74) is 6.94. The summed E-state index contributed by atoms with van der Waals surface area (Å²) in [6.07, 6.45) is 5.07. The lowest BCUT2D eigenvalue weighted by molar-refractivity contribution is 0.100. The number of nitrogens with one attached hydrogen (secondary N) is 1. The van der Waals surface area contributed by atoms with Gasteiger partial charge in [-0.05, 0) is 17.7 Å². The van der Waals surface area contributed by atoms with Crippen LogP contribution in [-0.2, 0) is 6.54 Å². The van der Waals surface area contributed by atoms with Crippen molar-refractivity contribution in [2.45, 2.75) is 12.5 Å². The SMILES string of the molecule is NC(=O)c1cnn2c1NCC(c1ccncc1)C2. The third-order valence-electron chi connectivity index (χ3n) is 3.19. The average molecular weight is 243 g/mol. The highest BCUT2D eigenvalue weighted by Gasteiger charge is 2.24. The number of nitrogens with zero attached hydrogens (tertiary/aromatic N) is 3. The molecule has 6 nitrogen and oxygen atoms in total. The molecular weight excluding hydrogens is 230 g/mol. The van der Waals surface area contributed by atoms with Crippen LogP contribution in [0.1, 0.15) is 21.8 Å². The lowest BCUT2D eigenvalue weighted by Gasteiger charge is -2.25. The minimum Gasteiger partial charge on any atom is -0.369 e. The van der Waals surface area contributed by atoms with Gasteiger partial charge in [0.2, 0.25) is 0 Å². The van der Waals surface area contributed by atoms with E-state index in [0.29, 0.717) is 17.3 Å². The van der Waals surface area contributed by atoms with Gasteiger partial charge in [0.25, 0.3) is 5.91 Å². The number of aromatic nitrogens is 3. The van der Waals surface area contributed by atoms with Crippen LogP contribution in [0.2, 0.25) is 0 Å². The number of nitrogens with two attached hydrogens (primary N) is 1. The fourth-order valence-corrected chi connectivity index (χ4v) is 2.24. The van der Waals surface area contributed by atoms with Gasteiger partial charge in [0, 0.05) is 24.9 Å². The summed E-state index contributed by atoms with van der Waals surface area (Å²) in [4.78, 5) is 15.2. The van der Waals surface area contributed by atoms with Crippen LogP contribution in [0.15, 0.2) is 30.7 Å². The van der Waals surface area contributed by atoms with E-state index in [2.05, 4.69) is 15.4 Å². The number of pyridine rings is 1. The summed E-state index contributed by atoms with van der Waals surface area (Å²) < 4.78 is 1.79. The first-order chi connectivity index (χ1) is 8.75. The van der Waals surface area contributed by atoms with Gasteiger partial charge < -0.3 is 11.1 Å². The zero-order valence-corrected chi connectivity index (χ0v) is 9.71. The molecule has 0 radical (unpaired) electrons. The van der Waals surface area contributed by atoms with Crippen molar-refractivity contribution in [3.05, 3.63) is 41.9 Å². The second-order valence-electron chi connectivity index (χ2n) is 4.31. The lowest BCUT2D eigenvalue weighted by Crippen LogP contribution is -2.27. The van der Waals surface area contributed by atoms with E-state index in [-0.39, 0.29) is 0 Å². The van der Waals surface area contributed by atoms with Crippen LogP contribution >= 0.6 is 0 Å². The Kier molecular flexibility index (Phi) is 2.47. The maximum absolute atomic E-state index is 11.2. The minimum atomic E-state index is -0.453. The monoisotopic (exact) mass is 243 g/mol. The molecule has 3 heterocycles. The van der Waals surface area contributed by atoms with Crippen molar-refractivity contribution in [1.82, 2.24) is 14.8 Å². The number of carbonyl (C=O) groups is 1. The maximum atomic E-state index is 11.2. The van der Waals surface area contributed by atoms with Crippen LogP contribution in [-0.4, -0.2) is 27.2 Å². The van der Waals surface area contributed by atoms with E-state index in [9.17, 15) is 4.79 Å². The minimum absolute atomic E-state index is 0.320. The Labute approximate surface area is 104 Å². The van der Waals surface area contributed by atoms with E-state index < -0.39 is 5.91 Å². The fraction of sp³-hybridized carbons (Fsp3) is 0.250. The number of hydrogen-bond donors (Lipinski definition) is 2. The predicted molar refractivity (Wildman–Crippen MR) is 66.2 cm³/mol. The summed E-state index contributed by atoms with van der Waals surface area (Å²) in [5.74, 6) is 0.583. The molecule has 1 aliphatic rings. The van der Waals surface area contributed by atoms with Crippen LogP contribution in [0.25, 0.3) is 0 Å². The third-order valence-corrected chi connectivity index (χ3v) is 3.19. The van der Waals surface area contributed by atoms with Crippen LogP contribution < -0.4 is 11.1 Å². The molecule has 0 saturated heterocycles. The largest absolute Gasteiger partial charge is 0.369 e. The van der Waals surface area contributed by atoms with E-state index in [0.717, 1.165) is 13.1 Å². The fourth-order valence-electron chi connectivity index (χ4n) is 2.24. The molecule has 1 aliphatic heterocycles. The summed E-state index contributed by atoms with van der Waals surface area (Å²) >= 11 is 0. The second-order valence-corrected chi connectivity index (χ2v) is 4.31. The maximum Gasteiger partial charge on any atom is 0.254 e. The van der Waals surface area contributed by atoms with Gasteiger partial charge in [-0.25, -0.2) is 4.68 Å². The van der Waals surface area contributed by atoms with Gasteiger partial charge in [-0.2, -0.15) is 5.10 Å². The van der Waals surface area contributed by atoms with Gasteiger partial charge in [-0.3, -0.25) is 9.78 Å². The molecule has 1 unspecified atom stereocenters. The Morgan fingerprint density at radius 3 is 2.94 bits per heavy atom. The molecule has 3 N–H and O–H groups in total. The van der Waals surface area contributed by atoms with Crippen molar-refractivity contribution in [1.29, 1.82) is 0 Å². The molecule has 92 valence electrons. The van der Waals surface area contributed by atoms with Gasteiger partial charge in [0.1, 0.15) is 11.4 Å². The Bertz CT molecular complexity index is 577. The molecule has 0 saturated carbocycles. The highest BCUT2D eigenvalue weighted by Crippen LogP contribution is 2.26. The van der Waals surface area contributed by atoms with Crippen LogP contribution in [0.4, 0.5) is 5.82 Å². The molecule has 2 aromatic rings. The molecule has 0 bridgehead atoms. The van der Waals surface area contributed by atoms with Crippen LogP contribution in [0.5, 0.6) is 0 Å². The van der Waals surface area contributed by atoms with Gasteiger partial charge in [-0.15, -0.1) is 0 Å². The molecule has 18 heavy (non-hydrogen) atoms. The number of amides is 1. The first-order valence-electron chi connectivity index (χ1n) is 5.75. The lowest BCUT2D eigenvalue weighted by atomic mass is 9.99. The van der Waals surface area contributed by atoms with Crippen molar-refractivity contribution in [3.63, 3.8) is 0 Å². The third kappa shape index (κ3) is 1.71. The molecule has 1 amide bonds. The molecule has 0 fully saturated rings. The number of rotatable bonds is 2. The molecule has 6 heteroatoms. The van der Waals surface area contributed by atoms with E-state index >= 15 is 0 Å². The summed E-state index contributed by atoms with van der Waals surface area (Å²) in [6, 6.07) is 3.99. The molecule has 1 atom stereocenters. The Hall–Kier alpha value is -2.37. The molecule has 0 aliphatic carbocycles. The van der Waals surface area contributed by atoms with Crippen LogP contribution in [0.3, 0.4) is 0 Å². The van der Waals surface area contributed by atoms with Gasteiger partial charge >= 0.3 is 0 Å². The second kappa shape index (κ2) is 4.14. The van der Waals surface area contributed by atoms with Gasteiger partial charge in [0.15, 0.2) is 0 Å². The number of primary amides is 1. The van der Waals surface area contributed by atoms with Crippen molar-refractivity contribution < 1.29 is 4.79 Å². The number of carbonyl (C=O) groups excluding carboxylic acids is 1. The highest BCUT2D eigenvalue weighted by atomic mass is 16.1. The Morgan fingerprint density at radius 2 is 2.22 bits per heavy atom. The first kappa shape index (κ1) is 10.8. The highest BCUT2D eigenvalue weighted by molar-refractivity contribution is 5.97. The van der Waals surface area contributed by atoms with E-state index in [1.165, 1.54) is 11.8 Å². The van der Waals surface area contributed by atoms with Crippen molar-refractivity contribution >= 4 is 11.7 Å². The Balaban J connectivity index is 1.89. The van der Waals surface area contributed by atoms with Crippen LogP contribution in [0, 0.1) is 0 Å². The van der Waals surface area contributed by atoms with Crippen molar-refractivity contribution in [3.8, 4) is 0 Å². The summed E-state index contributed by atoms with van der Waals surface area (Å²) in [5, 5.41) is 7.41. The normalized spacial score (nSPS) is 17.9. The van der Waals surface area contributed by atoms with E-state index in [1.807, 2.05) is 12.1 Å². The molecule has 3 rings (SSSR count). The summed E-state index contributed by atoms with van der Waals surface area (Å²) in [6.45, 7) is 1.50. The summed E-state index contributed by atoms with van der Waals surface area (Å²) in [7, 11) is 0. The smallest absolute Gasteiger partial charge is 0.254 e. The molecule has 2 aromatic heterocycles. The zero-order chi connectivity index (χ0) is 12.5. The average Bonchev–Trinajstić information content (AvgIpc) is 2.82. The first-order valence-corrected chi connectivity index (χ1v) is 5.75. The Morgan fingerprint density at radius 1 is 1.44 bits per heavy atom. The van der Waals surface area contributed by atoms with E-state index in [1.54, 1.807) is 17.1 Å². The topological polar surface area (TPSA) is 85.8 Å². The molecule has 0 spiro atoms. The quantitative estimate of drug-likeness (QED) is 0.808. The zero-order valence-electron chi connectivity index (χ0n) is 9.71. The number of fused-ring (bicyclic) bond motifs is 1. The number of hydrogen-bond acceptors (Lipinski definition) is 4. The van der Waals surface area contributed by atoms with Crippen molar-refractivity contribution in [2.24, 2.45) is 5.73 Å². The standard InChI is InChI=1S/C12H13N5O/c13-11(18)10-6-16-17-7-9(5-15-12(10)17)8-1-3-14-4-2-8/h1-4,6,9,15H,5,7H2,(H2,13,18). The predicted octanol–water partition coefficient (Wildman–Crippen LogP) is 0.586. The number of anilines is 1. The molecule has 0 aromatic carbocycles.